The van der Waals surface area contributed by atoms with Gasteiger partial charge in [0.25, 0.3) is 11.8 Å². The first-order chi connectivity index (χ1) is 15.3. The number of imide groups is 1. The van der Waals surface area contributed by atoms with Gasteiger partial charge in [0.1, 0.15) is 11.4 Å². The molecular formula is C27H26N2O3. The molecule has 0 bridgehead atoms. The van der Waals surface area contributed by atoms with Gasteiger partial charge in [-0.05, 0) is 73.7 Å². The molecule has 0 atom stereocenters. The van der Waals surface area contributed by atoms with Crippen molar-refractivity contribution in [1.82, 2.24) is 0 Å². The number of hydrogen-bond acceptors (Lipinski definition) is 4. The van der Waals surface area contributed by atoms with Crippen LogP contribution in [0.5, 0.6) is 5.75 Å². The number of anilines is 2. The second-order valence-electron chi connectivity index (χ2n) is 8.04. The molecule has 3 aromatic carbocycles. The van der Waals surface area contributed by atoms with Gasteiger partial charge in [-0.1, -0.05) is 42.5 Å². The Morgan fingerprint density at radius 2 is 1.53 bits per heavy atom. The summed E-state index contributed by atoms with van der Waals surface area (Å²) in [6.45, 7) is 7.91. The van der Waals surface area contributed by atoms with Crippen LogP contribution in [-0.4, -0.2) is 18.9 Å². The van der Waals surface area contributed by atoms with Crippen molar-refractivity contribution in [3.8, 4) is 5.75 Å². The number of hydrogen-bond donors (Lipinski definition) is 1. The lowest BCUT2D eigenvalue weighted by Crippen LogP contribution is -2.33. The second-order valence-corrected chi connectivity index (χ2v) is 8.04. The molecule has 1 aliphatic heterocycles. The van der Waals surface area contributed by atoms with Crippen molar-refractivity contribution in [3.05, 3.63) is 94.2 Å². The lowest BCUT2D eigenvalue weighted by Gasteiger charge is -2.19. The number of ether oxygens (including phenoxy) is 1. The van der Waals surface area contributed by atoms with E-state index < -0.39 is 0 Å². The molecule has 0 aliphatic carbocycles. The topological polar surface area (TPSA) is 58.6 Å². The van der Waals surface area contributed by atoms with Gasteiger partial charge in [-0.2, -0.15) is 0 Å². The Bertz CT molecular complexity index is 1270. The molecule has 32 heavy (non-hydrogen) atoms. The van der Waals surface area contributed by atoms with E-state index in [0.29, 0.717) is 28.3 Å². The number of nitrogens with one attached hydrogen (secondary N) is 1. The van der Waals surface area contributed by atoms with Crippen molar-refractivity contribution in [1.29, 1.82) is 0 Å². The first kappa shape index (κ1) is 21.4. The number of carbonyl (C=O) groups is 2. The summed E-state index contributed by atoms with van der Waals surface area (Å²) in [6, 6.07) is 18.8. The monoisotopic (exact) mass is 426 g/mol. The van der Waals surface area contributed by atoms with Crippen molar-refractivity contribution in [3.63, 3.8) is 0 Å². The van der Waals surface area contributed by atoms with Crippen LogP contribution in [0.1, 0.15) is 27.8 Å². The third-order valence-corrected chi connectivity index (χ3v) is 6.06. The van der Waals surface area contributed by atoms with Crippen molar-refractivity contribution in [2.24, 2.45) is 0 Å². The summed E-state index contributed by atoms with van der Waals surface area (Å²) in [4.78, 5) is 28.6. The highest BCUT2D eigenvalue weighted by Crippen LogP contribution is 2.37. The van der Waals surface area contributed by atoms with Crippen LogP contribution in [0.25, 0.3) is 5.57 Å². The second kappa shape index (κ2) is 8.35. The zero-order valence-corrected chi connectivity index (χ0v) is 18.9. The van der Waals surface area contributed by atoms with Crippen molar-refractivity contribution >= 4 is 28.8 Å². The molecule has 0 aromatic heterocycles. The lowest BCUT2D eigenvalue weighted by molar-refractivity contribution is -0.120. The summed E-state index contributed by atoms with van der Waals surface area (Å²) < 4.78 is 5.44. The number of benzene rings is 3. The van der Waals surface area contributed by atoms with E-state index in [0.717, 1.165) is 22.3 Å². The molecule has 0 unspecified atom stereocenters. The molecule has 5 heteroatoms. The lowest BCUT2D eigenvalue weighted by atomic mass is 9.99. The molecule has 2 amide bonds. The molecule has 4 rings (SSSR count). The van der Waals surface area contributed by atoms with Crippen LogP contribution in [0.15, 0.2) is 66.4 Å². The first-order valence-corrected chi connectivity index (χ1v) is 10.5. The Morgan fingerprint density at radius 1 is 0.781 bits per heavy atom. The van der Waals surface area contributed by atoms with Crippen LogP contribution in [-0.2, 0) is 9.59 Å². The zero-order valence-electron chi connectivity index (χ0n) is 18.9. The van der Waals surface area contributed by atoms with Crippen LogP contribution in [0, 0.1) is 27.7 Å². The predicted molar refractivity (Wildman–Crippen MR) is 128 cm³/mol. The highest BCUT2D eigenvalue weighted by Gasteiger charge is 2.41. The first-order valence-electron chi connectivity index (χ1n) is 10.5. The molecule has 5 nitrogen and oxygen atoms in total. The summed E-state index contributed by atoms with van der Waals surface area (Å²) in [5.41, 5.74) is 6.60. The molecule has 1 aliphatic rings. The van der Waals surface area contributed by atoms with Gasteiger partial charge in [0.2, 0.25) is 0 Å². The molecule has 0 saturated carbocycles. The van der Waals surface area contributed by atoms with Crippen molar-refractivity contribution in [2.45, 2.75) is 27.7 Å². The van der Waals surface area contributed by atoms with Gasteiger partial charge in [-0.25, -0.2) is 4.90 Å². The largest absolute Gasteiger partial charge is 0.495 e. The number of carbonyl (C=O) groups excluding carboxylic acids is 2. The van der Waals surface area contributed by atoms with E-state index in [2.05, 4.69) is 5.32 Å². The third kappa shape index (κ3) is 3.56. The Labute approximate surface area is 188 Å². The molecule has 0 spiro atoms. The normalized spacial score (nSPS) is 13.7. The van der Waals surface area contributed by atoms with E-state index in [9.17, 15) is 9.59 Å². The SMILES string of the molecule is COc1ccccc1NC1=C(c2ccc(C)c(C)c2)C(=O)N(c2cccc(C)c2C)C1=O. The van der Waals surface area contributed by atoms with Crippen LogP contribution < -0.4 is 15.0 Å². The summed E-state index contributed by atoms with van der Waals surface area (Å²) in [5.74, 6) is -0.142. The van der Waals surface area contributed by atoms with Gasteiger partial charge in [0, 0.05) is 0 Å². The van der Waals surface area contributed by atoms with Gasteiger partial charge >= 0.3 is 0 Å². The van der Waals surface area contributed by atoms with Gasteiger partial charge in [0.15, 0.2) is 0 Å². The Morgan fingerprint density at radius 3 is 2.25 bits per heavy atom. The van der Waals surface area contributed by atoms with E-state index >= 15 is 0 Å². The number of methoxy groups -OCH3 is 1. The Balaban J connectivity index is 1.89. The van der Waals surface area contributed by atoms with Crippen molar-refractivity contribution < 1.29 is 14.3 Å². The van der Waals surface area contributed by atoms with Crippen LogP contribution in [0.3, 0.4) is 0 Å². The average molecular weight is 427 g/mol. The third-order valence-electron chi connectivity index (χ3n) is 6.06. The number of nitrogens with zero attached hydrogens (tertiary/aromatic N) is 1. The smallest absolute Gasteiger partial charge is 0.282 e. The molecule has 0 radical (unpaired) electrons. The van der Waals surface area contributed by atoms with E-state index in [4.69, 9.17) is 4.74 Å². The highest BCUT2D eigenvalue weighted by molar-refractivity contribution is 6.46. The van der Waals surface area contributed by atoms with Crippen LogP contribution in [0.2, 0.25) is 0 Å². The molecule has 3 aromatic rings. The summed E-state index contributed by atoms with van der Waals surface area (Å²) >= 11 is 0. The average Bonchev–Trinajstić information content (AvgIpc) is 3.02. The number of rotatable bonds is 5. The number of amides is 2. The minimum absolute atomic E-state index is 0.239. The van der Waals surface area contributed by atoms with E-state index in [1.165, 1.54) is 4.90 Å². The summed E-state index contributed by atoms with van der Waals surface area (Å²) in [6.07, 6.45) is 0. The molecular weight excluding hydrogens is 400 g/mol. The van der Waals surface area contributed by atoms with E-state index in [1.54, 1.807) is 7.11 Å². The van der Waals surface area contributed by atoms with Gasteiger partial charge < -0.3 is 10.1 Å². The summed E-state index contributed by atoms with van der Waals surface area (Å²) in [5, 5.41) is 3.20. The fourth-order valence-electron chi connectivity index (χ4n) is 3.89. The van der Waals surface area contributed by atoms with E-state index in [1.807, 2.05) is 88.4 Å². The van der Waals surface area contributed by atoms with E-state index in [-0.39, 0.29) is 17.5 Å². The molecule has 0 fully saturated rings. The molecule has 1 heterocycles. The number of aryl methyl sites for hydroxylation is 3. The fraction of sp³-hybridized carbons (Fsp3) is 0.185. The maximum atomic E-state index is 13.7. The molecule has 1 N–H and O–H groups in total. The minimum Gasteiger partial charge on any atom is -0.495 e. The minimum atomic E-state index is -0.386. The van der Waals surface area contributed by atoms with Gasteiger partial charge in [0.05, 0.1) is 24.1 Å². The van der Waals surface area contributed by atoms with Crippen molar-refractivity contribution in [2.75, 3.05) is 17.3 Å². The Hall–Kier alpha value is -3.86. The quantitative estimate of drug-likeness (QED) is 0.561. The zero-order chi connectivity index (χ0) is 23.0. The summed E-state index contributed by atoms with van der Waals surface area (Å²) in [7, 11) is 1.57. The van der Waals surface area contributed by atoms with Crippen LogP contribution in [0.4, 0.5) is 11.4 Å². The predicted octanol–water partition coefficient (Wildman–Crippen LogP) is 5.33. The standard InChI is InChI=1S/C27H26N2O3/c1-16-13-14-20(15-18(16)3)24-25(28-21-10-6-7-12-23(21)32-5)27(31)29(26(24)30)22-11-8-9-17(2)19(22)4/h6-15,28H,1-5H3. The number of para-hydroxylation sites is 2. The highest BCUT2D eigenvalue weighted by atomic mass is 16.5. The molecule has 162 valence electrons. The van der Waals surface area contributed by atoms with Gasteiger partial charge in [-0.15, -0.1) is 0 Å². The maximum Gasteiger partial charge on any atom is 0.282 e. The van der Waals surface area contributed by atoms with Gasteiger partial charge in [-0.3, -0.25) is 9.59 Å². The molecule has 0 saturated heterocycles. The maximum absolute atomic E-state index is 13.7. The van der Waals surface area contributed by atoms with Crippen LogP contribution >= 0.6 is 0 Å². The fourth-order valence-corrected chi connectivity index (χ4v) is 3.89. The Kier molecular flexibility index (Phi) is 5.57.